The first kappa shape index (κ1) is 63.8. The topological polar surface area (TPSA) is 61.9 Å². The van der Waals surface area contributed by atoms with Crippen molar-refractivity contribution in [3.63, 3.8) is 0 Å². The van der Waals surface area contributed by atoms with Crippen LogP contribution in [0.1, 0.15) is 83.1 Å². The number of anilines is 6. The number of hydrogen-bond acceptors (Lipinski definition) is 8. The predicted octanol–water partition coefficient (Wildman–Crippen LogP) is 20.3. The minimum Gasteiger partial charge on any atom is -0.405 e. The minimum absolute atomic E-state index is 0.360. The lowest BCUT2D eigenvalue weighted by atomic mass is 9.49. The molecule has 454 valence electrons. The van der Waals surface area contributed by atoms with Crippen LogP contribution < -0.4 is 15.3 Å². The molecule has 0 aliphatic carbocycles. The zero-order chi connectivity index (χ0) is 63.5. The monoisotopic (exact) mass is 1250 g/mol. The second-order valence-corrected chi connectivity index (χ2v) is 27.1. The molecule has 8 nitrogen and oxygen atoms in total. The number of benzene rings is 10. The molecule has 0 radical (unpaired) electrons. The van der Waals surface area contributed by atoms with Gasteiger partial charge in [-0.1, -0.05) is 198 Å². The fourth-order valence-corrected chi connectivity index (χ4v) is 11.2. The van der Waals surface area contributed by atoms with Gasteiger partial charge in [0.05, 0.1) is 33.6 Å². The number of rotatable bonds is 12. The van der Waals surface area contributed by atoms with Gasteiger partial charge in [0, 0.05) is 38.6 Å². The minimum atomic E-state index is -0.476. The lowest BCUT2D eigenvalue weighted by Gasteiger charge is -2.32. The lowest BCUT2D eigenvalue weighted by molar-refractivity contribution is 0.00578. The lowest BCUT2D eigenvalue weighted by Crippen LogP contribution is -2.41. The van der Waals surface area contributed by atoms with Gasteiger partial charge in [-0.05, 0) is 218 Å². The maximum atomic E-state index is 6.29. The maximum absolute atomic E-state index is 6.29. The molecule has 3 aliphatic heterocycles. The molecule has 3 heterocycles. The summed E-state index contributed by atoms with van der Waals surface area (Å²) in [5.41, 5.74) is 15.1. The second-order valence-electron chi connectivity index (χ2n) is 26.2. The molecule has 10 aromatic rings. The normalized spacial score (nSPS) is 17.1. The highest BCUT2D eigenvalue weighted by Gasteiger charge is 2.64. The van der Waals surface area contributed by atoms with E-state index in [2.05, 4.69) is 296 Å². The molecular formula is C78H80B3BrN2O6. The Morgan fingerprint density at radius 2 is 0.422 bits per heavy atom. The van der Waals surface area contributed by atoms with Crippen molar-refractivity contribution in [1.82, 2.24) is 0 Å². The van der Waals surface area contributed by atoms with E-state index in [-0.39, 0.29) is 40.7 Å². The Balaban J connectivity index is 0.000000149. The van der Waals surface area contributed by atoms with Crippen molar-refractivity contribution in [1.29, 1.82) is 0 Å². The van der Waals surface area contributed by atoms with Crippen molar-refractivity contribution < 1.29 is 27.9 Å². The Bertz CT molecular complexity index is 3700. The van der Waals surface area contributed by atoms with Gasteiger partial charge in [-0.2, -0.15) is 0 Å². The molecule has 0 amide bonds. The molecule has 0 saturated carbocycles. The Morgan fingerprint density at radius 3 is 0.656 bits per heavy atom. The third-order valence-electron chi connectivity index (χ3n) is 18.5. The first-order valence-corrected chi connectivity index (χ1v) is 31.9. The van der Waals surface area contributed by atoms with E-state index in [1.807, 2.05) is 79.7 Å². The zero-order valence-corrected chi connectivity index (χ0v) is 55.4. The SMILES string of the molecule is Brc1ccc(N(c2ccc(-c3ccccc3)cc2)c2ccc(-c3ccccc3)cc2)cc1.CC1(C)OB(B2OC(C)(C)C(C)(C)O2)OC1(C)C.CC1(C)OB(c2ccc(N(c3ccc(-c4ccccc4)cc3)c3ccc(-c4ccccc4)cc3)cc2)OC1(C)C. The van der Waals surface area contributed by atoms with Gasteiger partial charge in [-0.3, -0.25) is 0 Å². The highest BCUT2D eigenvalue weighted by Crippen LogP contribution is 2.44. The largest absolute Gasteiger partial charge is 0.494 e. The van der Waals surface area contributed by atoms with Crippen LogP contribution in [0.15, 0.2) is 271 Å². The number of nitrogens with zero attached hydrogens (tertiary/aromatic N) is 2. The molecule has 3 aliphatic rings. The fraction of sp³-hybridized carbons (Fsp3) is 0.231. The highest BCUT2D eigenvalue weighted by molar-refractivity contribution is 9.10. The van der Waals surface area contributed by atoms with E-state index in [0.717, 1.165) is 44.1 Å². The van der Waals surface area contributed by atoms with E-state index < -0.39 is 14.0 Å². The first-order chi connectivity index (χ1) is 43.0. The van der Waals surface area contributed by atoms with Crippen LogP contribution in [-0.2, 0) is 27.9 Å². The van der Waals surface area contributed by atoms with Crippen LogP contribution in [-0.4, -0.2) is 54.7 Å². The van der Waals surface area contributed by atoms with Crippen LogP contribution in [0.4, 0.5) is 34.1 Å². The van der Waals surface area contributed by atoms with Gasteiger partial charge in [0.15, 0.2) is 0 Å². The molecule has 90 heavy (non-hydrogen) atoms. The molecule has 0 spiro atoms. The summed E-state index contributed by atoms with van der Waals surface area (Å²) < 4.78 is 37.5. The van der Waals surface area contributed by atoms with Crippen molar-refractivity contribution in [2.24, 2.45) is 0 Å². The third-order valence-corrected chi connectivity index (χ3v) is 19.0. The van der Waals surface area contributed by atoms with E-state index in [1.165, 1.54) is 44.5 Å². The Kier molecular flexibility index (Phi) is 18.6. The summed E-state index contributed by atoms with van der Waals surface area (Å²) in [6.07, 6.45) is 0. The molecule has 0 unspecified atom stereocenters. The van der Waals surface area contributed by atoms with E-state index >= 15 is 0 Å². The predicted molar refractivity (Wildman–Crippen MR) is 380 cm³/mol. The van der Waals surface area contributed by atoms with Gasteiger partial charge in [-0.15, -0.1) is 0 Å². The van der Waals surface area contributed by atoms with Gasteiger partial charge >= 0.3 is 21.1 Å². The van der Waals surface area contributed by atoms with Gasteiger partial charge in [0.1, 0.15) is 0 Å². The first-order valence-electron chi connectivity index (χ1n) is 31.1. The summed E-state index contributed by atoms with van der Waals surface area (Å²) in [6, 6.07) is 93.9. The average Bonchev–Trinajstić information content (AvgIpc) is 1.61. The van der Waals surface area contributed by atoms with Crippen molar-refractivity contribution in [2.45, 2.75) is 117 Å². The molecule has 0 aromatic heterocycles. The van der Waals surface area contributed by atoms with Crippen LogP contribution in [0, 0.1) is 0 Å². The van der Waals surface area contributed by atoms with Crippen molar-refractivity contribution in [3.8, 4) is 44.5 Å². The van der Waals surface area contributed by atoms with Crippen molar-refractivity contribution >= 4 is 76.7 Å². The second kappa shape index (κ2) is 26.2. The van der Waals surface area contributed by atoms with Gasteiger partial charge in [0.25, 0.3) is 0 Å². The molecule has 12 heteroatoms. The van der Waals surface area contributed by atoms with Crippen LogP contribution >= 0.6 is 15.9 Å². The summed E-state index contributed by atoms with van der Waals surface area (Å²) in [4.78, 5) is 4.58. The highest BCUT2D eigenvalue weighted by atomic mass is 79.9. The van der Waals surface area contributed by atoms with E-state index in [4.69, 9.17) is 27.9 Å². The van der Waals surface area contributed by atoms with Gasteiger partial charge < -0.3 is 37.7 Å². The molecule has 10 aromatic carbocycles. The summed E-state index contributed by atoms with van der Waals surface area (Å²) >= 11 is 3.56. The molecule has 0 bridgehead atoms. The molecule has 0 N–H and O–H groups in total. The van der Waals surface area contributed by atoms with Crippen molar-refractivity contribution in [2.75, 3.05) is 9.80 Å². The van der Waals surface area contributed by atoms with Gasteiger partial charge in [0.2, 0.25) is 0 Å². The van der Waals surface area contributed by atoms with Crippen molar-refractivity contribution in [3.05, 3.63) is 271 Å². The molecule has 13 rings (SSSR count). The standard InChI is InChI=1S/C36H34BNO2.C30H22BrN.C12H24B2O4/c1-35(2)36(3,4)40-37(39-35)31-19-25-34(26-20-31)38(32-21-15-29(16-22-32)27-11-7-5-8-12-27)33-23-17-30(18-24-33)28-13-9-6-10-14-28;31-27-15-21-30(22-16-27)32(28-17-11-25(12-18-28)23-7-3-1-4-8-23)29-19-13-26(14-20-29)24-9-5-2-6-10-24;1-9(2)10(3,4)16-13(15-9)14-17-11(5,6)12(7,8)18-14/h5-26H,1-4H3;1-22H;1-8H3. The molecule has 3 fully saturated rings. The summed E-state index contributed by atoms with van der Waals surface area (Å²) in [6.45, 7) is 24.5. The molecule has 0 atom stereocenters. The van der Waals surface area contributed by atoms with E-state index in [1.54, 1.807) is 0 Å². The van der Waals surface area contributed by atoms with E-state index in [0.29, 0.717) is 0 Å². The Labute approximate surface area is 543 Å². The quantitative estimate of drug-likeness (QED) is 0.112. The smallest absolute Gasteiger partial charge is 0.405 e. The Morgan fingerprint density at radius 1 is 0.233 bits per heavy atom. The van der Waals surface area contributed by atoms with Crippen LogP contribution in [0.2, 0.25) is 0 Å². The average molecular weight is 1250 g/mol. The summed E-state index contributed by atoms with van der Waals surface area (Å²) in [7, 11) is -1.34. The summed E-state index contributed by atoms with van der Waals surface area (Å²) in [5.74, 6) is 0. The number of hydrogen-bond donors (Lipinski definition) is 0. The molecular weight excluding hydrogens is 1170 g/mol. The fourth-order valence-electron chi connectivity index (χ4n) is 11.0. The Hall–Kier alpha value is -7.77. The van der Waals surface area contributed by atoms with E-state index in [9.17, 15) is 0 Å². The van der Waals surface area contributed by atoms with Crippen LogP contribution in [0.5, 0.6) is 0 Å². The van der Waals surface area contributed by atoms with Crippen LogP contribution in [0.25, 0.3) is 44.5 Å². The maximum Gasteiger partial charge on any atom is 0.494 e. The zero-order valence-electron chi connectivity index (χ0n) is 53.9. The number of halogens is 1. The van der Waals surface area contributed by atoms with Gasteiger partial charge in [-0.25, -0.2) is 0 Å². The molecule has 3 saturated heterocycles. The third kappa shape index (κ3) is 14.1. The van der Waals surface area contributed by atoms with Crippen LogP contribution in [0.3, 0.4) is 0 Å². The summed E-state index contributed by atoms with van der Waals surface area (Å²) in [5, 5.41) is 0.